The highest BCUT2D eigenvalue weighted by atomic mass is 32.2. The predicted octanol–water partition coefficient (Wildman–Crippen LogP) is 5.23. The van der Waals surface area contributed by atoms with E-state index in [1.165, 1.54) is 11.1 Å². The molecule has 5 nitrogen and oxygen atoms in total. The van der Waals surface area contributed by atoms with Gasteiger partial charge in [-0.15, -0.1) is 0 Å². The second-order valence-electron chi connectivity index (χ2n) is 7.75. The Bertz CT molecular complexity index is 733. The average molecular weight is 491 g/mol. The van der Waals surface area contributed by atoms with Crippen molar-refractivity contribution in [3.8, 4) is 0 Å². The van der Waals surface area contributed by atoms with Crippen molar-refractivity contribution in [1.82, 2.24) is 0 Å². The van der Waals surface area contributed by atoms with Crippen LogP contribution < -0.4 is 0 Å². The minimum atomic E-state index is -0.215. The number of esters is 2. The Hall–Kier alpha value is -1.96. The fraction of sp³-hybridized carbons (Fsp3) is 0.462. The third kappa shape index (κ3) is 12.2. The first-order valence-electron chi connectivity index (χ1n) is 11.2. The molecule has 33 heavy (non-hydrogen) atoms. The highest BCUT2D eigenvalue weighted by molar-refractivity contribution is 7.98. The number of benzene rings is 2. The summed E-state index contributed by atoms with van der Waals surface area (Å²) in [4.78, 5) is 24.1. The fourth-order valence-electron chi connectivity index (χ4n) is 2.78. The van der Waals surface area contributed by atoms with Crippen molar-refractivity contribution in [3.63, 3.8) is 0 Å². The van der Waals surface area contributed by atoms with Gasteiger partial charge in [0.25, 0.3) is 0 Å². The molecule has 0 heterocycles. The predicted molar refractivity (Wildman–Crippen MR) is 136 cm³/mol. The number of rotatable bonds is 16. The topological polar surface area (TPSA) is 61.8 Å². The van der Waals surface area contributed by atoms with Crippen LogP contribution in [-0.4, -0.2) is 49.9 Å². The molecule has 0 aliphatic carbocycles. The lowest BCUT2D eigenvalue weighted by molar-refractivity contribution is -0.150. The Balaban J connectivity index is 1.43. The summed E-state index contributed by atoms with van der Waals surface area (Å²) in [6.07, 6.45) is 0. The molecule has 180 valence electrons. The molecule has 0 aromatic heterocycles. The molecule has 2 atom stereocenters. The van der Waals surface area contributed by atoms with E-state index in [2.05, 4.69) is 24.3 Å². The van der Waals surface area contributed by atoms with Crippen LogP contribution in [0.5, 0.6) is 0 Å². The smallest absolute Gasteiger partial charge is 0.309 e. The van der Waals surface area contributed by atoms with Crippen LogP contribution in [0.3, 0.4) is 0 Å². The lowest BCUT2D eigenvalue weighted by atomic mass is 10.2. The first-order valence-corrected chi connectivity index (χ1v) is 13.5. The minimum absolute atomic E-state index is 0.166. The second-order valence-corrected chi connectivity index (χ2v) is 9.81. The van der Waals surface area contributed by atoms with E-state index in [-0.39, 0.29) is 50.2 Å². The molecule has 0 spiro atoms. The summed E-state index contributed by atoms with van der Waals surface area (Å²) in [6.45, 7) is 4.73. The third-order valence-corrected chi connectivity index (χ3v) is 7.25. The number of ether oxygens (including phenoxy) is 3. The number of hydrogen-bond acceptors (Lipinski definition) is 7. The van der Waals surface area contributed by atoms with Crippen LogP contribution in [0.25, 0.3) is 0 Å². The zero-order chi connectivity index (χ0) is 23.7. The van der Waals surface area contributed by atoms with Crippen LogP contribution in [0.2, 0.25) is 0 Å². The molecule has 0 aliphatic rings. The van der Waals surface area contributed by atoms with Crippen LogP contribution in [0.1, 0.15) is 25.0 Å². The van der Waals surface area contributed by atoms with E-state index in [9.17, 15) is 9.59 Å². The Kier molecular flexibility index (Phi) is 13.7. The van der Waals surface area contributed by atoms with E-state index in [0.717, 1.165) is 11.5 Å². The van der Waals surface area contributed by atoms with Crippen LogP contribution in [0.15, 0.2) is 60.7 Å². The van der Waals surface area contributed by atoms with Crippen LogP contribution in [0, 0.1) is 11.8 Å². The van der Waals surface area contributed by atoms with Crippen molar-refractivity contribution < 1.29 is 23.8 Å². The van der Waals surface area contributed by atoms with Gasteiger partial charge in [-0.1, -0.05) is 74.5 Å². The van der Waals surface area contributed by atoms with E-state index < -0.39 is 0 Å². The molecule has 0 saturated carbocycles. The molecule has 2 aromatic rings. The summed E-state index contributed by atoms with van der Waals surface area (Å²) < 4.78 is 15.9. The van der Waals surface area contributed by atoms with Gasteiger partial charge in [0.2, 0.25) is 0 Å². The third-order valence-electron chi connectivity index (χ3n) is 4.71. The number of hydrogen-bond donors (Lipinski definition) is 0. The first kappa shape index (κ1) is 27.3. The van der Waals surface area contributed by atoms with Crippen molar-refractivity contribution in [1.29, 1.82) is 0 Å². The zero-order valence-corrected chi connectivity index (χ0v) is 21.1. The van der Waals surface area contributed by atoms with Crippen LogP contribution in [0.4, 0.5) is 0 Å². The molecule has 0 N–H and O–H groups in total. The standard InChI is InChI=1S/C26H34O5S2/c1-21(17-32-19-23-9-5-3-6-10-23)25(27)30-15-13-29-14-16-31-26(28)22(2)18-33-20-24-11-7-4-8-12-24/h3-12,21-22H,13-20H2,1-2H3. The Labute approximate surface area is 206 Å². The van der Waals surface area contributed by atoms with Gasteiger partial charge in [0, 0.05) is 23.0 Å². The molecular formula is C26H34O5S2. The molecule has 2 rings (SSSR count). The van der Waals surface area contributed by atoms with E-state index in [1.54, 1.807) is 23.5 Å². The average Bonchev–Trinajstić information content (AvgIpc) is 2.84. The summed E-state index contributed by atoms with van der Waals surface area (Å²) in [5, 5.41) is 0. The van der Waals surface area contributed by atoms with Gasteiger partial charge in [0.15, 0.2) is 0 Å². The summed E-state index contributed by atoms with van der Waals surface area (Å²) >= 11 is 3.44. The first-order chi connectivity index (χ1) is 16.1. The lowest BCUT2D eigenvalue weighted by Gasteiger charge is -2.13. The van der Waals surface area contributed by atoms with Gasteiger partial charge in [-0.2, -0.15) is 23.5 Å². The monoisotopic (exact) mass is 490 g/mol. The van der Waals surface area contributed by atoms with Crippen molar-refractivity contribution in [2.45, 2.75) is 25.4 Å². The Morgan fingerprint density at radius 1 is 0.667 bits per heavy atom. The molecule has 0 radical (unpaired) electrons. The fourth-order valence-corrected chi connectivity index (χ4v) is 4.85. The van der Waals surface area contributed by atoms with Crippen LogP contribution in [-0.2, 0) is 35.3 Å². The molecule has 0 fully saturated rings. The maximum absolute atomic E-state index is 12.1. The van der Waals surface area contributed by atoms with Gasteiger partial charge >= 0.3 is 11.9 Å². The Morgan fingerprint density at radius 3 is 1.45 bits per heavy atom. The number of thioether (sulfide) groups is 2. The Morgan fingerprint density at radius 2 is 1.06 bits per heavy atom. The highest BCUT2D eigenvalue weighted by Gasteiger charge is 2.15. The van der Waals surface area contributed by atoms with E-state index in [4.69, 9.17) is 14.2 Å². The second kappa shape index (κ2) is 16.6. The maximum atomic E-state index is 12.1. The van der Waals surface area contributed by atoms with Crippen molar-refractivity contribution in [3.05, 3.63) is 71.8 Å². The quantitative estimate of drug-likeness (QED) is 0.236. The normalized spacial score (nSPS) is 12.7. The lowest BCUT2D eigenvalue weighted by Crippen LogP contribution is -2.21. The molecule has 7 heteroatoms. The van der Waals surface area contributed by atoms with Gasteiger partial charge in [0.05, 0.1) is 25.0 Å². The SMILES string of the molecule is CC(CSCc1ccccc1)C(=O)OCCOCCOC(=O)C(C)CSCc1ccccc1. The van der Waals surface area contributed by atoms with Crippen LogP contribution >= 0.6 is 23.5 Å². The van der Waals surface area contributed by atoms with Gasteiger partial charge in [-0.25, -0.2) is 0 Å². The van der Waals surface area contributed by atoms with E-state index in [1.807, 2.05) is 50.2 Å². The minimum Gasteiger partial charge on any atom is -0.463 e. The molecule has 0 aliphatic heterocycles. The summed E-state index contributed by atoms with van der Waals surface area (Å²) in [7, 11) is 0. The molecular weight excluding hydrogens is 456 g/mol. The largest absolute Gasteiger partial charge is 0.463 e. The van der Waals surface area contributed by atoms with Crippen molar-refractivity contribution >= 4 is 35.5 Å². The summed E-state index contributed by atoms with van der Waals surface area (Å²) in [6, 6.07) is 20.4. The van der Waals surface area contributed by atoms with E-state index in [0.29, 0.717) is 11.5 Å². The number of carbonyl (C=O) groups excluding carboxylic acids is 2. The molecule has 2 unspecified atom stereocenters. The van der Waals surface area contributed by atoms with Crippen molar-refractivity contribution in [2.75, 3.05) is 37.9 Å². The summed E-state index contributed by atoms with van der Waals surface area (Å²) in [5.74, 6) is 2.43. The highest BCUT2D eigenvalue weighted by Crippen LogP contribution is 2.17. The molecule has 0 bridgehead atoms. The summed E-state index contributed by atoms with van der Waals surface area (Å²) in [5.41, 5.74) is 2.50. The van der Waals surface area contributed by atoms with Gasteiger partial charge in [-0.3, -0.25) is 9.59 Å². The van der Waals surface area contributed by atoms with Gasteiger partial charge < -0.3 is 14.2 Å². The van der Waals surface area contributed by atoms with Gasteiger partial charge in [0.1, 0.15) is 13.2 Å². The van der Waals surface area contributed by atoms with Gasteiger partial charge in [-0.05, 0) is 11.1 Å². The zero-order valence-electron chi connectivity index (χ0n) is 19.4. The molecule has 0 saturated heterocycles. The van der Waals surface area contributed by atoms with Crippen molar-refractivity contribution in [2.24, 2.45) is 11.8 Å². The molecule has 0 amide bonds. The maximum Gasteiger partial charge on any atom is 0.309 e. The van der Waals surface area contributed by atoms with E-state index >= 15 is 0 Å². The molecule has 2 aromatic carbocycles. The number of carbonyl (C=O) groups is 2.